The Morgan fingerprint density at radius 3 is 2.44 bits per heavy atom. The van der Waals surface area contributed by atoms with E-state index >= 15 is 0 Å². The van der Waals surface area contributed by atoms with Gasteiger partial charge in [0.2, 0.25) is 0 Å². The molecule has 0 saturated carbocycles. The lowest BCUT2D eigenvalue weighted by molar-refractivity contribution is 0.0949. The minimum Gasteiger partial charge on any atom is -0.351 e. The molecular formula is C22H23N3OS. The third kappa shape index (κ3) is 4.26. The maximum Gasteiger partial charge on any atom is 0.263 e. The topological polar surface area (TPSA) is 54.0 Å². The second-order valence-corrected chi connectivity index (χ2v) is 7.85. The zero-order chi connectivity index (χ0) is 18.5. The number of aromatic nitrogens is 1. The number of carbonyl (C=O) groups excluding carboxylic acids is 1. The number of nitrogens with one attached hydrogen (secondary N) is 2. The maximum absolute atomic E-state index is 13.0. The van der Waals surface area contributed by atoms with E-state index < -0.39 is 0 Å². The van der Waals surface area contributed by atoms with E-state index in [0.29, 0.717) is 17.3 Å². The fraction of sp³-hybridized carbons (Fsp3) is 0.273. The monoisotopic (exact) mass is 377 g/mol. The van der Waals surface area contributed by atoms with E-state index in [4.69, 9.17) is 4.98 Å². The third-order valence-electron chi connectivity index (χ3n) is 4.85. The van der Waals surface area contributed by atoms with Gasteiger partial charge in [0.1, 0.15) is 9.88 Å². The Morgan fingerprint density at radius 1 is 1.07 bits per heavy atom. The molecule has 1 unspecified atom stereocenters. The summed E-state index contributed by atoms with van der Waals surface area (Å²) < 4.78 is 0. The molecule has 0 radical (unpaired) electrons. The number of piperidine rings is 1. The van der Waals surface area contributed by atoms with Crippen molar-refractivity contribution in [1.29, 1.82) is 0 Å². The highest BCUT2D eigenvalue weighted by molar-refractivity contribution is 7.17. The van der Waals surface area contributed by atoms with Crippen molar-refractivity contribution in [3.63, 3.8) is 0 Å². The highest BCUT2D eigenvalue weighted by atomic mass is 32.1. The van der Waals surface area contributed by atoms with Gasteiger partial charge in [0.25, 0.3) is 5.91 Å². The summed E-state index contributed by atoms with van der Waals surface area (Å²) >= 11 is 1.46. The van der Waals surface area contributed by atoms with Gasteiger partial charge >= 0.3 is 0 Å². The largest absolute Gasteiger partial charge is 0.351 e. The van der Waals surface area contributed by atoms with Crippen molar-refractivity contribution >= 4 is 17.2 Å². The zero-order valence-corrected chi connectivity index (χ0v) is 16.0. The van der Waals surface area contributed by atoms with E-state index in [1.807, 2.05) is 60.7 Å². The van der Waals surface area contributed by atoms with Crippen LogP contribution in [0.1, 0.15) is 22.5 Å². The lowest BCUT2D eigenvalue weighted by Gasteiger charge is -2.22. The molecule has 2 aromatic carbocycles. The molecule has 4 nitrogen and oxygen atoms in total. The van der Waals surface area contributed by atoms with Gasteiger partial charge in [-0.05, 0) is 31.8 Å². The van der Waals surface area contributed by atoms with Crippen LogP contribution in [0.2, 0.25) is 0 Å². The van der Waals surface area contributed by atoms with Crippen LogP contribution in [0.4, 0.5) is 0 Å². The second kappa shape index (κ2) is 8.46. The molecule has 0 aliphatic carbocycles. The average Bonchev–Trinajstić information content (AvgIpc) is 3.20. The van der Waals surface area contributed by atoms with Gasteiger partial charge in [-0.1, -0.05) is 60.7 Å². The maximum atomic E-state index is 13.0. The summed E-state index contributed by atoms with van der Waals surface area (Å²) in [6.45, 7) is 2.76. The molecule has 4 rings (SSSR count). The number of amides is 1. The predicted molar refractivity (Wildman–Crippen MR) is 111 cm³/mol. The summed E-state index contributed by atoms with van der Waals surface area (Å²) in [6.07, 6.45) is 2.34. The minimum atomic E-state index is -0.0286. The number of nitrogens with zero attached hydrogens (tertiary/aromatic N) is 1. The first-order valence-electron chi connectivity index (χ1n) is 9.42. The lowest BCUT2D eigenvalue weighted by Crippen LogP contribution is -2.38. The van der Waals surface area contributed by atoms with Crippen molar-refractivity contribution in [2.24, 2.45) is 5.92 Å². The van der Waals surface area contributed by atoms with Crippen molar-refractivity contribution < 1.29 is 4.79 Å². The Kier molecular flexibility index (Phi) is 5.61. The van der Waals surface area contributed by atoms with Crippen LogP contribution in [0, 0.1) is 5.92 Å². The summed E-state index contributed by atoms with van der Waals surface area (Å²) in [7, 11) is 0. The van der Waals surface area contributed by atoms with Crippen molar-refractivity contribution in [2.45, 2.75) is 12.8 Å². The van der Waals surface area contributed by atoms with Gasteiger partial charge in [-0.15, -0.1) is 11.3 Å². The molecule has 1 aliphatic heterocycles. The van der Waals surface area contributed by atoms with Gasteiger partial charge in [-0.2, -0.15) is 0 Å². The van der Waals surface area contributed by atoms with E-state index in [9.17, 15) is 4.79 Å². The Balaban J connectivity index is 1.61. The molecule has 2 N–H and O–H groups in total. The first-order chi connectivity index (χ1) is 13.3. The normalized spacial score (nSPS) is 16.8. The molecule has 1 atom stereocenters. The van der Waals surface area contributed by atoms with Gasteiger partial charge in [-0.25, -0.2) is 4.98 Å². The van der Waals surface area contributed by atoms with E-state index in [2.05, 4.69) is 10.6 Å². The second-order valence-electron chi connectivity index (χ2n) is 6.85. The average molecular weight is 378 g/mol. The molecular weight excluding hydrogens is 354 g/mol. The van der Waals surface area contributed by atoms with Crippen LogP contribution >= 0.6 is 11.3 Å². The van der Waals surface area contributed by atoms with Crippen molar-refractivity contribution in [1.82, 2.24) is 15.6 Å². The zero-order valence-electron chi connectivity index (χ0n) is 15.2. The quantitative estimate of drug-likeness (QED) is 0.700. The Morgan fingerprint density at radius 2 is 1.78 bits per heavy atom. The number of hydrogen-bond acceptors (Lipinski definition) is 4. The van der Waals surface area contributed by atoms with Gasteiger partial charge in [-0.3, -0.25) is 4.79 Å². The van der Waals surface area contributed by atoms with E-state index in [1.54, 1.807) is 0 Å². The molecule has 2 heterocycles. The minimum absolute atomic E-state index is 0.0286. The summed E-state index contributed by atoms with van der Waals surface area (Å²) in [5, 5.41) is 7.41. The van der Waals surface area contributed by atoms with Gasteiger partial charge in [0.05, 0.1) is 5.69 Å². The third-order valence-corrected chi connectivity index (χ3v) is 5.95. The Labute approximate surface area is 163 Å². The first-order valence-corrected chi connectivity index (χ1v) is 10.2. The number of carbonyl (C=O) groups is 1. The number of rotatable bonds is 5. The van der Waals surface area contributed by atoms with Crippen molar-refractivity contribution in [3.05, 3.63) is 65.5 Å². The predicted octanol–water partition coefficient (Wildman–Crippen LogP) is 4.21. The summed E-state index contributed by atoms with van der Waals surface area (Å²) in [5.74, 6) is 0.475. The Bertz CT molecular complexity index is 886. The molecule has 27 heavy (non-hydrogen) atoms. The fourth-order valence-corrected chi connectivity index (χ4v) is 4.39. The van der Waals surface area contributed by atoms with Crippen LogP contribution < -0.4 is 10.6 Å². The van der Waals surface area contributed by atoms with Gasteiger partial charge in [0, 0.05) is 17.7 Å². The van der Waals surface area contributed by atoms with Crippen molar-refractivity contribution in [3.8, 4) is 21.8 Å². The van der Waals surface area contributed by atoms with E-state index in [-0.39, 0.29) is 5.91 Å². The number of hydrogen-bond donors (Lipinski definition) is 2. The highest BCUT2D eigenvalue weighted by Gasteiger charge is 2.21. The fourth-order valence-electron chi connectivity index (χ4n) is 3.39. The summed E-state index contributed by atoms with van der Waals surface area (Å²) in [5.41, 5.74) is 2.77. The van der Waals surface area contributed by atoms with Crippen LogP contribution in [-0.2, 0) is 0 Å². The molecule has 1 saturated heterocycles. The Hall–Kier alpha value is -2.50. The molecule has 5 heteroatoms. The van der Waals surface area contributed by atoms with Crippen LogP contribution in [0.25, 0.3) is 21.8 Å². The number of benzene rings is 2. The molecule has 138 valence electrons. The van der Waals surface area contributed by atoms with Crippen molar-refractivity contribution in [2.75, 3.05) is 19.6 Å². The highest BCUT2D eigenvalue weighted by Crippen LogP contribution is 2.33. The summed E-state index contributed by atoms with van der Waals surface area (Å²) in [6, 6.07) is 20.0. The summed E-state index contributed by atoms with van der Waals surface area (Å²) in [4.78, 5) is 18.5. The molecule has 3 aromatic rings. The first kappa shape index (κ1) is 17.9. The van der Waals surface area contributed by atoms with Crippen LogP contribution in [0.5, 0.6) is 0 Å². The van der Waals surface area contributed by atoms with Gasteiger partial charge in [0.15, 0.2) is 0 Å². The molecule has 1 aliphatic rings. The SMILES string of the molecule is O=C(NCC1CCCNC1)c1sc(-c2ccccc2)nc1-c1ccccc1. The smallest absolute Gasteiger partial charge is 0.263 e. The van der Waals surface area contributed by atoms with Crippen LogP contribution in [0.15, 0.2) is 60.7 Å². The van der Waals surface area contributed by atoms with Gasteiger partial charge < -0.3 is 10.6 Å². The molecule has 0 bridgehead atoms. The van der Waals surface area contributed by atoms with Crippen LogP contribution in [0.3, 0.4) is 0 Å². The molecule has 0 spiro atoms. The molecule has 1 fully saturated rings. The van der Waals surface area contributed by atoms with E-state index in [1.165, 1.54) is 17.8 Å². The lowest BCUT2D eigenvalue weighted by atomic mass is 10.00. The molecule has 1 aromatic heterocycles. The van der Waals surface area contributed by atoms with E-state index in [0.717, 1.165) is 41.3 Å². The standard InChI is InChI=1S/C22H23N3OS/c26-21(24-15-16-8-7-13-23-14-16)20-19(17-9-3-1-4-10-17)25-22(27-20)18-11-5-2-6-12-18/h1-6,9-12,16,23H,7-8,13-15H2,(H,24,26). The molecule has 1 amide bonds. The van der Waals surface area contributed by atoms with Crippen LogP contribution in [-0.4, -0.2) is 30.5 Å². The number of thiazole rings is 1.